The smallest absolute Gasteiger partial charge is 0.0593 e. The van der Waals surface area contributed by atoms with Crippen LogP contribution in [-0.2, 0) is 11.2 Å². The number of hydrogen-bond acceptors (Lipinski definition) is 3. The van der Waals surface area contributed by atoms with Gasteiger partial charge in [0, 0.05) is 18.8 Å². The van der Waals surface area contributed by atoms with E-state index in [9.17, 15) is 0 Å². The maximum atomic E-state index is 5.74. The summed E-state index contributed by atoms with van der Waals surface area (Å²) in [5.74, 6) is 0. The lowest BCUT2D eigenvalue weighted by Gasteiger charge is -2.16. The molecular weight excluding hydrogens is 212 g/mol. The Labute approximate surface area is 105 Å². The molecule has 1 aromatic carbocycles. The van der Waals surface area contributed by atoms with Crippen molar-refractivity contribution in [1.29, 1.82) is 0 Å². The van der Waals surface area contributed by atoms with Crippen LogP contribution in [0, 0.1) is 0 Å². The first-order valence-electron chi connectivity index (χ1n) is 6.33. The molecule has 0 aliphatic heterocycles. The highest BCUT2D eigenvalue weighted by Crippen LogP contribution is 2.08. The van der Waals surface area contributed by atoms with Crippen LogP contribution in [0.15, 0.2) is 24.3 Å². The zero-order chi connectivity index (χ0) is 12.5. The highest BCUT2D eigenvalue weighted by atomic mass is 16.5. The van der Waals surface area contributed by atoms with E-state index in [0.29, 0.717) is 0 Å². The van der Waals surface area contributed by atoms with Crippen LogP contribution in [0.5, 0.6) is 0 Å². The van der Waals surface area contributed by atoms with Crippen LogP contribution >= 0.6 is 0 Å². The number of anilines is 1. The molecule has 0 heterocycles. The van der Waals surface area contributed by atoms with Gasteiger partial charge in [-0.15, -0.1) is 0 Å². The average Bonchev–Trinajstić information content (AvgIpc) is 2.29. The minimum Gasteiger partial charge on any atom is -0.399 e. The lowest BCUT2D eigenvalue weighted by Crippen LogP contribution is -2.24. The predicted molar refractivity (Wildman–Crippen MR) is 73.2 cm³/mol. The Kier molecular flexibility index (Phi) is 6.67. The average molecular weight is 236 g/mol. The SMILES string of the molecule is CCOCCN(C)CCCc1cccc(N)c1. The molecule has 3 heteroatoms. The maximum Gasteiger partial charge on any atom is 0.0593 e. The standard InChI is InChI=1S/C14H24N2O/c1-3-17-11-10-16(2)9-5-7-13-6-4-8-14(15)12-13/h4,6,8,12H,3,5,7,9-11,15H2,1-2H3. The van der Waals surface area contributed by atoms with Gasteiger partial charge in [0.25, 0.3) is 0 Å². The molecule has 1 rings (SSSR count). The molecule has 0 saturated heterocycles. The quantitative estimate of drug-likeness (QED) is 0.555. The van der Waals surface area contributed by atoms with E-state index in [1.165, 1.54) is 5.56 Å². The predicted octanol–water partition coefficient (Wildman–Crippen LogP) is 2.17. The van der Waals surface area contributed by atoms with Crippen LogP contribution in [0.2, 0.25) is 0 Å². The van der Waals surface area contributed by atoms with Crippen molar-refractivity contribution in [2.24, 2.45) is 0 Å². The summed E-state index contributed by atoms with van der Waals surface area (Å²) in [6.07, 6.45) is 2.25. The van der Waals surface area contributed by atoms with Crippen molar-refractivity contribution in [3.05, 3.63) is 29.8 Å². The van der Waals surface area contributed by atoms with Crippen LogP contribution in [0.4, 0.5) is 5.69 Å². The molecular formula is C14H24N2O. The number of aryl methyl sites for hydroxylation is 1. The third-order valence-electron chi connectivity index (χ3n) is 2.78. The molecule has 0 amide bonds. The molecule has 0 aromatic heterocycles. The number of ether oxygens (including phenoxy) is 1. The van der Waals surface area contributed by atoms with E-state index in [1.54, 1.807) is 0 Å². The first kappa shape index (κ1) is 14.0. The Morgan fingerprint density at radius 1 is 1.29 bits per heavy atom. The zero-order valence-electron chi connectivity index (χ0n) is 11.0. The van der Waals surface area contributed by atoms with E-state index in [1.807, 2.05) is 19.1 Å². The minimum atomic E-state index is 0.803. The number of nitrogen functional groups attached to an aromatic ring is 1. The third-order valence-corrected chi connectivity index (χ3v) is 2.78. The van der Waals surface area contributed by atoms with Crippen LogP contribution in [-0.4, -0.2) is 38.3 Å². The van der Waals surface area contributed by atoms with Gasteiger partial charge < -0.3 is 15.4 Å². The van der Waals surface area contributed by atoms with Gasteiger partial charge in [-0.25, -0.2) is 0 Å². The van der Waals surface area contributed by atoms with Gasteiger partial charge in [-0.05, 0) is 51.1 Å². The van der Waals surface area contributed by atoms with Crippen molar-refractivity contribution in [1.82, 2.24) is 4.90 Å². The van der Waals surface area contributed by atoms with E-state index in [-0.39, 0.29) is 0 Å². The summed E-state index contributed by atoms with van der Waals surface area (Å²) >= 11 is 0. The topological polar surface area (TPSA) is 38.5 Å². The molecule has 0 fully saturated rings. The molecule has 0 aliphatic rings. The molecule has 0 spiro atoms. The Hall–Kier alpha value is -1.06. The molecule has 0 atom stereocenters. The number of benzene rings is 1. The van der Waals surface area contributed by atoms with E-state index in [0.717, 1.165) is 44.8 Å². The maximum absolute atomic E-state index is 5.74. The summed E-state index contributed by atoms with van der Waals surface area (Å²) in [7, 11) is 2.14. The van der Waals surface area contributed by atoms with Gasteiger partial charge in [0.15, 0.2) is 0 Å². The normalized spacial score (nSPS) is 11.0. The monoisotopic (exact) mass is 236 g/mol. The number of hydrogen-bond donors (Lipinski definition) is 1. The Bertz CT molecular complexity index is 315. The van der Waals surface area contributed by atoms with Crippen LogP contribution in [0.1, 0.15) is 18.9 Å². The summed E-state index contributed by atoms with van der Waals surface area (Å²) in [6, 6.07) is 8.14. The van der Waals surface area contributed by atoms with E-state index < -0.39 is 0 Å². The number of nitrogens with zero attached hydrogens (tertiary/aromatic N) is 1. The van der Waals surface area contributed by atoms with Gasteiger partial charge in [0.2, 0.25) is 0 Å². The van der Waals surface area contributed by atoms with Crippen molar-refractivity contribution >= 4 is 5.69 Å². The second-order valence-electron chi connectivity index (χ2n) is 4.35. The highest BCUT2D eigenvalue weighted by molar-refractivity contribution is 5.40. The molecule has 0 radical (unpaired) electrons. The van der Waals surface area contributed by atoms with Crippen molar-refractivity contribution in [3.8, 4) is 0 Å². The molecule has 1 aromatic rings. The van der Waals surface area contributed by atoms with Crippen molar-refractivity contribution in [2.75, 3.05) is 39.1 Å². The Balaban J connectivity index is 2.14. The highest BCUT2D eigenvalue weighted by Gasteiger charge is 1.99. The summed E-state index contributed by atoms with van der Waals surface area (Å²) < 4.78 is 5.33. The summed E-state index contributed by atoms with van der Waals surface area (Å²) in [5, 5.41) is 0. The van der Waals surface area contributed by atoms with E-state index >= 15 is 0 Å². The Morgan fingerprint density at radius 2 is 2.12 bits per heavy atom. The molecule has 17 heavy (non-hydrogen) atoms. The molecule has 96 valence electrons. The lowest BCUT2D eigenvalue weighted by molar-refractivity contribution is 0.122. The third kappa shape index (κ3) is 6.29. The largest absolute Gasteiger partial charge is 0.399 e. The van der Waals surface area contributed by atoms with Crippen LogP contribution < -0.4 is 5.73 Å². The fraction of sp³-hybridized carbons (Fsp3) is 0.571. The van der Waals surface area contributed by atoms with Gasteiger partial charge in [0.1, 0.15) is 0 Å². The fourth-order valence-electron chi connectivity index (χ4n) is 1.78. The van der Waals surface area contributed by atoms with E-state index in [2.05, 4.69) is 24.1 Å². The van der Waals surface area contributed by atoms with E-state index in [4.69, 9.17) is 10.5 Å². The number of nitrogens with two attached hydrogens (primary N) is 1. The number of rotatable bonds is 8. The van der Waals surface area contributed by atoms with Gasteiger partial charge in [-0.1, -0.05) is 12.1 Å². The second kappa shape index (κ2) is 8.09. The molecule has 2 N–H and O–H groups in total. The molecule has 0 bridgehead atoms. The Morgan fingerprint density at radius 3 is 2.82 bits per heavy atom. The van der Waals surface area contributed by atoms with Gasteiger partial charge >= 0.3 is 0 Å². The van der Waals surface area contributed by atoms with Crippen molar-refractivity contribution in [2.45, 2.75) is 19.8 Å². The molecule has 0 unspecified atom stereocenters. The first-order chi connectivity index (χ1) is 8.22. The van der Waals surface area contributed by atoms with Gasteiger partial charge in [0.05, 0.1) is 6.61 Å². The van der Waals surface area contributed by atoms with Crippen LogP contribution in [0.3, 0.4) is 0 Å². The van der Waals surface area contributed by atoms with Gasteiger partial charge in [-0.2, -0.15) is 0 Å². The summed E-state index contributed by atoms with van der Waals surface area (Å²) in [6.45, 7) is 5.76. The van der Waals surface area contributed by atoms with Crippen LogP contribution in [0.25, 0.3) is 0 Å². The minimum absolute atomic E-state index is 0.803. The second-order valence-corrected chi connectivity index (χ2v) is 4.35. The molecule has 0 saturated carbocycles. The van der Waals surface area contributed by atoms with Gasteiger partial charge in [-0.3, -0.25) is 0 Å². The summed E-state index contributed by atoms with van der Waals surface area (Å²) in [4.78, 5) is 2.31. The number of likely N-dealkylation sites (N-methyl/N-ethyl adjacent to an activating group) is 1. The lowest BCUT2D eigenvalue weighted by atomic mass is 10.1. The molecule has 0 aliphatic carbocycles. The first-order valence-corrected chi connectivity index (χ1v) is 6.33. The molecule has 3 nitrogen and oxygen atoms in total. The summed E-state index contributed by atoms with van der Waals surface area (Å²) in [5.41, 5.74) is 7.92. The fourth-order valence-corrected chi connectivity index (χ4v) is 1.78. The van der Waals surface area contributed by atoms with Crippen molar-refractivity contribution in [3.63, 3.8) is 0 Å². The van der Waals surface area contributed by atoms with Crippen molar-refractivity contribution < 1.29 is 4.74 Å². The zero-order valence-corrected chi connectivity index (χ0v) is 11.0.